The van der Waals surface area contributed by atoms with E-state index in [2.05, 4.69) is 15.4 Å². The smallest absolute Gasteiger partial charge is 0.405 e. The summed E-state index contributed by atoms with van der Waals surface area (Å²) in [7, 11) is 3.51. The number of rotatable bonds is 6. The molecule has 0 unspecified atom stereocenters. The molecule has 0 aliphatic rings. The average Bonchev–Trinajstić information content (AvgIpc) is 3.22. The third-order valence-electron chi connectivity index (χ3n) is 3.34. The third-order valence-corrected chi connectivity index (χ3v) is 5.29. The average molecular weight is 376 g/mol. The van der Waals surface area contributed by atoms with Crippen molar-refractivity contribution < 1.29 is 14.6 Å². The van der Waals surface area contributed by atoms with E-state index in [1.54, 1.807) is 11.8 Å². The number of carboxylic acid groups (broad SMARTS) is 1. The lowest BCUT2D eigenvalue weighted by molar-refractivity contribution is 0.194. The van der Waals surface area contributed by atoms with Gasteiger partial charge in [-0.2, -0.15) is 5.10 Å². The third kappa shape index (κ3) is 4.31. The number of nitrogens with one attached hydrogen (secondary N) is 1. The van der Waals surface area contributed by atoms with Gasteiger partial charge in [-0.25, -0.2) is 9.78 Å². The first-order chi connectivity index (χ1) is 12.0. The topological polar surface area (TPSA) is 89.3 Å². The molecule has 0 atom stereocenters. The quantitative estimate of drug-likeness (QED) is 0.685. The minimum Gasteiger partial charge on any atom is -0.496 e. The number of aryl methyl sites for hydroxylation is 1. The van der Waals surface area contributed by atoms with Crippen LogP contribution >= 0.6 is 23.1 Å². The van der Waals surface area contributed by atoms with Gasteiger partial charge >= 0.3 is 6.09 Å². The van der Waals surface area contributed by atoms with Gasteiger partial charge in [0.05, 0.1) is 24.7 Å². The first-order valence-corrected chi connectivity index (χ1v) is 9.01. The van der Waals surface area contributed by atoms with E-state index in [1.165, 1.54) is 23.1 Å². The Hall–Kier alpha value is -2.52. The molecule has 0 aliphatic heterocycles. The summed E-state index contributed by atoms with van der Waals surface area (Å²) in [4.78, 5) is 15.9. The molecular weight excluding hydrogens is 360 g/mol. The molecule has 0 aliphatic carbocycles. The first-order valence-electron chi connectivity index (χ1n) is 7.31. The Morgan fingerprint density at radius 3 is 2.96 bits per heavy atom. The zero-order valence-electron chi connectivity index (χ0n) is 13.6. The van der Waals surface area contributed by atoms with Gasteiger partial charge in [-0.15, -0.1) is 11.3 Å². The highest BCUT2D eigenvalue weighted by Crippen LogP contribution is 2.38. The van der Waals surface area contributed by atoms with Crippen molar-refractivity contribution in [1.29, 1.82) is 0 Å². The fraction of sp³-hybridized carbons (Fsp3) is 0.188. The van der Waals surface area contributed by atoms with Gasteiger partial charge in [-0.3, -0.25) is 4.68 Å². The zero-order valence-corrected chi connectivity index (χ0v) is 15.2. The van der Waals surface area contributed by atoms with Crippen LogP contribution < -0.4 is 10.1 Å². The van der Waals surface area contributed by atoms with Crippen LogP contribution in [0.3, 0.4) is 0 Å². The summed E-state index contributed by atoms with van der Waals surface area (Å²) in [5, 5.41) is 18.6. The number of amides is 1. The lowest BCUT2D eigenvalue weighted by atomic mass is 10.1. The van der Waals surface area contributed by atoms with Gasteiger partial charge in [0.15, 0.2) is 0 Å². The fourth-order valence-electron chi connectivity index (χ4n) is 2.19. The van der Waals surface area contributed by atoms with Crippen molar-refractivity contribution in [3.05, 3.63) is 41.0 Å². The standard InChI is InChI=1S/C16H16N4O3S2/c1-20-8-11(6-18-20)10-3-4-12(23-2)13(5-10)25-15-9-24-14(19-15)7-17-16(21)22/h3-6,8-9,17H,7H2,1-2H3,(H,21,22). The monoisotopic (exact) mass is 376 g/mol. The Morgan fingerprint density at radius 2 is 2.28 bits per heavy atom. The summed E-state index contributed by atoms with van der Waals surface area (Å²) in [6.07, 6.45) is 2.71. The molecule has 0 spiro atoms. The highest BCUT2D eigenvalue weighted by molar-refractivity contribution is 7.99. The summed E-state index contributed by atoms with van der Waals surface area (Å²) < 4.78 is 7.20. The molecule has 0 saturated carbocycles. The molecule has 1 aromatic carbocycles. The van der Waals surface area contributed by atoms with E-state index in [4.69, 9.17) is 9.84 Å². The van der Waals surface area contributed by atoms with Crippen molar-refractivity contribution in [1.82, 2.24) is 20.1 Å². The van der Waals surface area contributed by atoms with Crippen LogP contribution in [0.25, 0.3) is 11.1 Å². The molecule has 3 aromatic rings. The van der Waals surface area contributed by atoms with E-state index < -0.39 is 6.09 Å². The molecule has 3 rings (SSSR count). The SMILES string of the molecule is COc1ccc(-c2cnn(C)c2)cc1Sc1csc(CNC(=O)O)n1. The second kappa shape index (κ2) is 7.58. The van der Waals surface area contributed by atoms with Gasteiger partial charge in [0.2, 0.25) is 0 Å². The van der Waals surface area contributed by atoms with E-state index >= 15 is 0 Å². The Bertz CT molecular complexity index is 891. The Kier molecular flexibility index (Phi) is 5.25. The van der Waals surface area contributed by atoms with Crippen LogP contribution in [0.4, 0.5) is 4.79 Å². The van der Waals surface area contributed by atoms with E-state index in [-0.39, 0.29) is 6.54 Å². The van der Waals surface area contributed by atoms with Crippen LogP contribution in [0.15, 0.2) is 45.9 Å². The van der Waals surface area contributed by atoms with E-state index in [0.717, 1.165) is 26.8 Å². The van der Waals surface area contributed by atoms with Crippen LogP contribution in [0.2, 0.25) is 0 Å². The maximum atomic E-state index is 10.6. The largest absolute Gasteiger partial charge is 0.496 e. The maximum Gasteiger partial charge on any atom is 0.405 e. The predicted octanol–water partition coefficient (Wildman–Crippen LogP) is 3.47. The fourth-order valence-corrected chi connectivity index (χ4v) is 4.00. The number of carbonyl (C=O) groups is 1. The molecule has 9 heteroatoms. The van der Waals surface area contributed by atoms with Gasteiger partial charge in [0, 0.05) is 24.2 Å². The normalized spacial score (nSPS) is 10.6. The van der Waals surface area contributed by atoms with Crippen LogP contribution in [0, 0.1) is 0 Å². The lowest BCUT2D eigenvalue weighted by Gasteiger charge is -2.08. The molecule has 2 aromatic heterocycles. The number of thiazole rings is 1. The van der Waals surface area contributed by atoms with E-state index in [1.807, 2.05) is 43.0 Å². The lowest BCUT2D eigenvalue weighted by Crippen LogP contribution is -2.19. The van der Waals surface area contributed by atoms with Crippen LogP contribution in [-0.2, 0) is 13.6 Å². The van der Waals surface area contributed by atoms with Crippen molar-refractivity contribution in [2.24, 2.45) is 7.05 Å². The molecule has 7 nitrogen and oxygen atoms in total. The summed E-state index contributed by atoms with van der Waals surface area (Å²) >= 11 is 2.90. The van der Waals surface area contributed by atoms with Crippen LogP contribution in [0.1, 0.15) is 5.01 Å². The molecule has 1 amide bonds. The van der Waals surface area contributed by atoms with Gasteiger partial charge in [0.1, 0.15) is 15.8 Å². The number of nitrogens with zero attached hydrogens (tertiary/aromatic N) is 3. The van der Waals surface area contributed by atoms with Gasteiger partial charge < -0.3 is 15.2 Å². The summed E-state index contributed by atoms with van der Waals surface area (Å²) in [6.45, 7) is 0.202. The molecule has 130 valence electrons. The number of methoxy groups -OCH3 is 1. The van der Waals surface area contributed by atoms with Crippen LogP contribution in [0.5, 0.6) is 5.75 Å². The molecular formula is C16H16N4O3S2. The molecule has 25 heavy (non-hydrogen) atoms. The molecule has 2 N–H and O–H groups in total. The number of benzene rings is 1. The molecule has 0 bridgehead atoms. The first kappa shape index (κ1) is 17.3. The Morgan fingerprint density at radius 1 is 1.44 bits per heavy atom. The maximum absolute atomic E-state index is 10.6. The summed E-state index contributed by atoms with van der Waals surface area (Å²) in [6, 6.07) is 5.95. The minimum atomic E-state index is -1.06. The molecule has 0 fully saturated rings. The molecule has 2 heterocycles. The minimum absolute atomic E-state index is 0.202. The van der Waals surface area contributed by atoms with E-state index in [9.17, 15) is 4.79 Å². The molecule has 0 radical (unpaired) electrons. The van der Waals surface area contributed by atoms with Crippen LogP contribution in [-0.4, -0.2) is 33.1 Å². The Labute approximate surface area is 152 Å². The number of aromatic nitrogens is 3. The van der Waals surface area contributed by atoms with E-state index in [0.29, 0.717) is 5.01 Å². The Balaban J connectivity index is 1.82. The predicted molar refractivity (Wildman–Crippen MR) is 96.3 cm³/mol. The van der Waals surface area contributed by atoms with Gasteiger partial charge in [0.25, 0.3) is 0 Å². The van der Waals surface area contributed by atoms with Crippen molar-refractivity contribution in [2.45, 2.75) is 16.5 Å². The van der Waals surface area contributed by atoms with Crippen molar-refractivity contribution in [3.8, 4) is 16.9 Å². The highest BCUT2D eigenvalue weighted by Gasteiger charge is 2.11. The molecule has 0 saturated heterocycles. The zero-order chi connectivity index (χ0) is 17.8. The summed E-state index contributed by atoms with van der Waals surface area (Å²) in [5.41, 5.74) is 2.07. The van der Waals surface area contributed by atoms with Gasteiger partial charge in [-0.05, 0) is 17.7 Å². The highest BCUT2D eigenvalue weighted by atomic mass is 32.2. The second-order valence-electron chi connectivity index (χ2n) is 5.11. The van der Waals surface area contributed by atoms with Crippen molar-refractivity contribution in [2.75, 3.05) is 7.11 Å². The van der Waals surface area contributed by atoms with Crippen molar-refractivity contribution in [3.63, 3.8) is 0 Å². The summed E-state index contributed by atoms with van der Waals surface area (Å²) in [5.74, 6) is 0.760. The van der Waals surface area contributed by atoms with Crippen molar-refractivity contribution >= 4 is 29.2 Å². The van der Waals surface area contributed by atoms with Gasteiger partial charge in [-0.1, -0.05) is 17.8 Å². The number of hydrogen-bond acceptors (Lipinski definition) is 6. The number of ether oxygens (including phenoxy) is 1. The second-order valence-corrected chi connectivity index (χ2v) is 7.11. The number of hydrogen-bond donors (Lipinski definition) is 2.